The Morgan fingerprint density at radius 2 is 1.75 bits per heavy atom. The fraction of sp³-hybridized carbons (Fsp3) is 0.176. The molecule has 2 nitrogen and oxygen atoms in total. The fourth-order valence-corrected chi connectivity index (χ4v) is 3.04. The van der Waals surface area contributed by atoms with Gasteiger partial charge in [-0.25, -0.2) is 0 Å². The summed E-state index contributed by atoms with van der Waals surface area (Å²) in [5, 5.41) is 0. The molecule has 0 atom stereocenters. The third-order valence-corrected chi connectivity index (χ3v) is 4.23. The van der Waals surface area contributed by atoms with Crippen molar-refractivity contribution < 1.29 is 9.59 Å². The Kier molecular flexibility index (Phi) is 3.30. The van der Waals surface area contributed by atoms with E-state index >= 15 is 0 Å². The Morgan fingerprint density at radius 1 is 1.00 bits per heavy atom. The number of carbonyl (C=O) groups excluding carboxylic acids is 2. The lowest BCUT2D eigenvalue weighted by Gasteiger charge is -2.07. The van der Waals surface area contributed by atoms with Crippen molar-refractivity contribution in [1.29, 1.82) is 0 Å². The molecule has 0 heterocycles. The maximum absolute atomic E-state index is 12.7. The minimum absolute atomic E-state index is 0.0131. The summed E-state index contributed by atoms with van der Waals surface area (Å²) in [6, 6.07) is 11.2. The van der Waals surface area contributed by atoms with Crippen molar-refractivity contribution in [2.45, 2.75) is 19.8 Å². The smallest absolute Gasteiger partial charge is 0.193 e. The highest BCUT2D eigenvalue weighted by atomic mass is 79.9. The number of ketones is 2. The second-order valence-electron chi connectivity index (χ2n) is 5.06. The van der Waals surface area contributed by atoms with Crippen molar-refractivity contribution in [2.24, 2.45) is 0 Å². The van der Waals surface area contributed by atoms with Crippen LogP contribution in [0.3, 0.4) is 0 Å². The van der Waals surface area contributed by atoms with Crippen LogP contribution in [-0.4, -0.2) is 11.6 Å². The first-order valence-electron chi connectivity index (χ1n) is 6.53. The van der Waals surface area contributed by atoms with Crippen molar-refractivity contribution in [3.8, 4) is 0 Å². The van der Waals surface area contributed by atoms with Gasteiger partial charge in [0.15, 0.2) is 11.6 Å². The van der Waals surface area contributed by atoms with Gasteiger partial charge in [-0.05, 0) is 55.2 Å². The average Bonchev–Trinajstić information content (AvgIpc) is 2.56. The topological polar surface area (TPSA) is 34.1 Å². The zero-order chi connectivity index (χ0) is 14.3. The van der Waals surface area contributed by atoms with E-state index in [1.165, 1.54) is 6.92 Å². The molecule has 0 aromatic heterocycles. The van der Waals surface area contributed by atoms with E-state index in [0.29, 0.717) is 11.1 Å². The first-order valence-corrected chi connectivity index (χ1v) is 7.32. The van der Waals surface area contributed by atoms with E-state index in [1.807, 2.05) is 24.3 Å². The Bertz CT molecular complexity index is 732. The number of carbonyl (C=O) groups is 2. The normalized spacial score (nSPS) is 13.4. The summed E-state index contributed by atoms with van der Waals surface area (Å²) >= 11 is 3.45. The molecule has 3 heteroatoms. The van der Waals surface area contributed by atoms with Gasteiger partial charge in [-0.2, -0.15) is 0 Å². The molecule has 1 aliphatic carbocycles. The number of hydrogen-bond acceptors (Lipinski definition) is 2. The van der Waals surface area contributed by atoms with Crippen molar-refractivity contribution in [3.05, 3.63) is 68.7 Å². The van der Waals surface area contributed by atoms with E-state index in [2.05, 4.69) is 15.9 Å². The predicted molar refractivity (Wildman–Crippen MR) is 81.4 cm³/mol. The summed E-state index contributed by atoms with van der Waals surface area (Å²) in [4.78, 5) is 24.2. The zero-order valence-corrected chi connectivity index (χ0v) is 12.7. The first kappa shape index (κ1) is 13.3. The number of rotatable bonds is 1. The second kappa shape index (κ2) is 4.98. The minimum Gasteiger partial charge on any atom is -0.295 e. The van der Waals surface area contributed by atoms with E-state index in [9.17, 15) is 9.59 Å². The standard InChI is InChI=1S/C17H13BrO2/c1-10(19)12-4-2-11-3-5-13-8-14(18)6-7-15(13)17(20)16(11)9-12/h2,4,6-9H,3,5H2,1H3. The van der Waals surface area contributed by atoms with Crippen LogP contribution in [0.5, 0.6) is 0 Å². The third kappa shape index (κ3) is 2.22. The summed E-state index contributed by atoms with van der Waals surface area (Å²) in [6.07, 6.45) is 1.66. The van der Waals surface area contributed by atoms with Crippen molar-refractivity contribution in [3.63, 3.8) is 0 Å². The van der Waals surface area contributed by atoms with Crippen LogP contribution in [0.25, 0.3) is 0 Å². The van der Waals surface area contributed by atoms with Gasteiger partial charge in [-0.3, -0.25) is 9.59 Å². The number of benzene rings is 2. The maximum atomic E-state index is 12.7. The van der Waals surface area contributed by atoms with Gasteiger partial charge in [-0.1, -0.05) is 28.1 Å². The Balaban J connectivity index is 2.17. The van der Waals surface area contributed by atoms with Gasteiger partial charge in [-0.15, -0.1) is 0 Å². The Labute approximate surface area is 125 Å². The van der Waals surface area contributed by atoms with E-state index in [0.717, 1.165) is 34.0 Å². The maximum Gasteiger partial charge on any atom is 0.193 e. The molecule has 100 valence electrons. The molecule has 0 saturated heterocycles. The quantitative estimate of drug-likeness (QED) is 0.742. The van der Waals surface area contributed by atoms with Crippen LogP contribution in [-0.2, 0) is 12.8 Å². The molecule has 0 saturated carbocycles. The van der Waals surface area contributed by atoms with Crippen LogP contribution in [0.15, 0.2) is 40.9 Å². The molecule has 0 aliphatic heterocycles. The number of aryl methyl sites for hydroxylation is 2. The monoisotopic (exact) mass is 328 g/mol. The highest BCUT2D eigenvalue weighted by Crippen LogP contribution is 2.27. The van der Waals surface area contributed by atoms with Gasteiger partial charge in [0.2, 0.25) is 0 Å². The molecular formula is C17H13BrO2. The lowest BCUT2D eigenvalue weighted by molar-refractivity contribution is 0.101. The summed E-state index contributed by atoms with van der Waals surface area (Å²) in [5.74, 6) is 0.00368. The number of hydrogen-bond donors (Lipinski definition) is 0. The number of halogens is 1. The van der Waals surface area contributed by atoms with E-state index in [4.69, 9.17) is 0 Å². The van der Waals surface area contributed by atoms with E-state index in [-0.39, 0.29) is 11.6 Å². The molecule has 0 fully saturated rings. The van der Waals surface area contributed by atoms with E-state index in [1.54, 1.807) is 12.1 Å². The van der Waals surface area contributed by atoms with Crippen molar-refractivity contribution >= 4 is 27.5 Å². The summed E-state index contributed by atoms with van der Waals surface area (Å²) in [7, 11) is 0. The highest BCUT2D eigenvalue weighted by molar-refractivity contribution is 9.10. The first-order chi connectivity index (χ1) is 9.56. The molecule has 0 bridgehead atoms. The summed E-state index contributed by atoms with van der Waals surface area (Å²) in [5.41, 5.74) is 4.08. The average molecular weight is 329 g/mol. The highest BCUT2D eigenvalue weighted by Gasteiger charge is 2.22. The number of fused-ring (bicyclic) bond motifs is 2. The third-order valence-electron chi connectivity index (χ3n) is 3.74. The predicted octanol–water partition coefficient (Wildman–Crippen LogP) is 3.98. The van der Waals surface area contributed by atoms with Crippen LogP contribution in [0, 0.1) is 0 Å². The molecule has 0 radical (unpaired) electrons. The van der Waals surface area contributed by atoms with Gasteiger partial charge in [0.05, 0.1) is 0 Å². The molecule has 2 aromatic carbocycles. The lowest BCUT2D eigenvalue weighted by atomic mass is 9.96. The minimum atomic E-state index is -0.0131. The van der Waals surface area contributed by atoms with Gasteiger partial charge < -0.3 is 0 Å². The molecule has 0 amide bonds. The van der Waals surface area contributed by atoms with Crippen LogP contribution >= 0.6 is 15.9 Å². The molecule has 3 rings (SSSR count). The molecule has 2 aromatic rings. The van der Waals surface area contributed by atoms with E-state index < -0.39 is 0 Å². The SMILES string of the molecule is CC(=O)c1ccc2c(c1)C(=O)c1ccc(Br)cc1CC2. The Morgan fingerprint density at radius 3 is 2.50 bits per heavy atom. The molecule has 0 spiro atoms. The van der Waals surface area contributed by atoms with Crippen molar-refractivity contribution in [2.75, 3.05) is 0 Å². The van der Waals surface area contributed by atoms with Crippen LogP contribution in [0.2, 0.25) is 0 Å². The molecule has 0 N–H and O–H groups in total. The van der Waals surface area contributed by atoms with Gasteiger partial charge >= 0.3 is 0 Å². The summed E-state index contributed by atoms with van der Waals surface area (Å²) in [6.45, 7) is 1.52. The molecule has 1 aliphatic rings. The molecular weight excluding hydrogens is 316 g/mol. The summed E-state index contributed by atoms with van der Waals surface area (Å²) < 4.78 is 0.986. The zero-order valence-electron chi connectivity index (χ0n) is 11.1. The second-order valence-corrected chi connectivity index (χ2v) is 5.97. The van der Waals surface area contributed by atoms with Crippen LogP contribution < -0.4 is 0 Å². The van der Waals surface area contributed by atoms with Crippen LogP contribution in [0.1, 0.15) is 44.3 Å². The van der Waals surface area contributed by atoms with Gasteiger partial charge in [0, 0.05) is 21.2 Å². The van der Waals surface area contributed by atoms with Gasteiger partial charge in [0.25, 0.3) is 0 Å². The lowest BCUT2D eigenvalue weighted by Crippen LogP contribution is -2.06. The largest absolute Gasteiger partial charge is 0.295 e. The van der Waals surface area contributed by atoms with Crippen molar-refractivity contribution in [1.82, 2.24) is 0 Å². The number of Topliss-reactive ketones (excluding diaryl/α,β-unsaturated/α-hetero) is 1. The molecule has 0 unspecified atom stereocenters. The van der Waals surface area contributed by atoms with Crippen LogP contribution in [0.4, 0.5) is 0 Å². The fourth-order valence-electron chi connectivity index (χ4n) is 2.63. The molecule has 20 heavy (non-hydrogen) atoms. The van der Waals surface area contributed by atoms with Gasteiger partial charge in [0.1, 0.15) is 0 Å². The Hall–Kier alpha value is -1.74.